The fraction of sp³-hybridized carbons (Fsp3) is 0.500. The summed E-state index contributed by atoms with van der Waals surface area (Å²) < 4.78 is 5.20. The average Bonchev–Trinajstić information content (AvgIpc) is 2.46. The van der Waals surface area contributed by atoms with Crippen LogP contribution in [-0.2, 0) is 20.9 Å². The quantitative estimate of drug-likeness (QED) is 0.727. The molecule has 0 radical (unpaired) electrons. The van der Waals surface area contributed by atoms with Crippen LogP contribution in [0.4, 0.5) is 0 Å². The van der Waals surface area contributed by atoms with Gasteiger partial charge in [0, 0.05) is 18.8 Å². The molecule has 2 atom stereocenters. The van der Waals surface area contributed by atoms with Gasteiger partial charge in [-0.15, -0.1) is 0 Å². The van der Waals surface area contributed by atoms with Crippen LogP contribution in [0.25, 0.3) is 0 Å². The molecule has 0 bridgehead atoms. The first-order chi connectivity index (χ1) is 9.93. The summed E-state index contributed by atoms with van der Waals surface area (Å²) >= 11 is 1.60. The van der Waals surface area contributed by atoms with Gasteiger partial charge in [-0.3, -0.25) is 9.59 Å². The lowest BCUT2D eigenvalue weighted by Gasteiger charge is -2.22. The lowest BCUT2D eigenvalue weighted by molar-refractivity contribution is -0.158. The zero-order valence-electron chi connectivity index (χ0n) is 13.0. The van der Waals surface area contributed by atoms with Gasteiger partial charge in [0.2, 0.25) is 0 Å². The molecule has 0 aliphatic rings. The Bertz CT molecular complexity index is 464. The molecule has 0 aliphatic heterocycles. The van der Waals surface area contributed by atoms with E-state index in [0.717, 1.165) is 5.56 Å². The highest BCUT2D eigenvalue weighted by Crippen LogP contribution is 2.12. The molecule has 0 aliphatic carbocycles. The minimum Gasteiger partial charge on any atom is -0.453 e. The molecular weight excluding hydrogens is 286 g/mol. The lowest BCUT2D eigenvalue weighted by Crippen LogP contribution is -2.37. The second kappa shape index (κ2) is 8.72. The number of thioether (sulfide) groups is 1. The summed E-state index contributed by atoms with van der Waals surface area (Å²) in [6.07, 6.45) is 1.52. The standard InChI is InChI=1S/C16H23NO3S/c1-12(21-4)10-15(18)20-13(2)16(19)17(3)11-14-8-6-5-7-9-14/h5-9,12-13H,10-11H2,1-4H3/t12-,13+/m0/s1. The highest BCUT2D eigenvalue weighted by molar-refractivity contribution is 7.99. The highest BCUT2D eigenvalue weighted by Gasteiger charge is 2.22. The molecule has 0 aromatic heterocycles. The van der Waals surface area contributed by atoms with Gasteiger partial charge in [0.1, 0.15) is 0 Å². The van der Waals surface area contributed by atoms with Gasteiger partial charge in [0.25, 0.3) is 5.91 Å². The van der Waals surface area contributed by atoms with Crippen LogP contribution in [0.2, 0.25) is 0 Å². The van der Waals surface area contributed by atoms with E-state index in [2.05, 4.69) is 0 Å². The Balaban J connectivity index is 2.48. The molecule has 0 fully saturated rings. The number of hydrogen-bond donors (Lipinski definition) is 0. The normalized spacial score (nSPS) is 13.3. The first-order valence-electron chi connectivity index (χ1n) is 6.95. The van der Waals surface area contributed by atoms with Crippen molar-refractivity contribution in [2.24, 2.45) is 0 Å². The number of ether oxygens (including phenoxy) is 1. The fourth-order valence-electron chi connectivity index (χ4n) is 1.86. The number of hydrogen-bond acceptors (Lipinski definition) is 4. The van der Waals surface area contributed by atoms with Gasteiger partial charge < -0.3 is 9.64 Å². The predicted molar refractivity (Wildman–Crippen MR) is 86.1 cm³/mol. The first-order valence-corrected chi connectivity index (χ1v) is 8.24. The van der Waals surface area contributed by atoms with E-state index >= 15 is 0 Å². The molecule has 4 nitrogen and oxygen atoms in total. The van der Waals surface area contributed by atoms with Crippen molar-refractivity contribution < 1.29 is 14.3 Å². The van der Waals surface area contributed by atoms with Gasteiger partial charge in [0.05, 0.1) is 6.42 Å². The number of carbonyl (C=O) groups is 2. The number of esters is 1. The minimum absolute atomic E-state index is 0.191. The van der Waals surface area contributed by atoms with Gasteiger partial charge >= 0.3 is 5.97 Å². The SMILES string of the molecule is CS[C@@H](C)CC(=O)O[C@H](C)C(=O)N(C)Cc1ccccc1. The van der Waals surface area contributed by atoms with E-state index in [-0.39, 0.29) is 17.1 Å². The number of amides is 1. The summed E-state index contributed by atoms with van der Waals surface area (Å²) in [4.78, 5) is 25.5. The number of carbonyl (C=O) groups excluding carboxylic acids is 2. The molecule has 1 aromatic rings. The average molecular weight is 309 g/mol. The Morgan fingerprint density at radius 3 is 2.43 bits per heavy atom. The molecule has 0 N–H and O–H groups in total. The molecule has 1 amide bonds. The number of rotatable bonds is 7. The van der Waals surface area contributed by atoms with E-state index in [1.54, 1.807) is 30.6 Å². The number of likely N-dealkylation sites (N-methyl/N-ethyl adjacent to an activating group) is 1. The van der Waals surface area contributed by atoms with Crippen LogP contribution in [0.1, 0.15) is 25.8 Å². The fourth-order valence-corrected chi connectivity index (χ4v) is 2.16. The Morgan fingerprint density at radius 2 is 1.86 bits per heavy atom. The zero-order valence-corrected chi connectivity index (χ0v) is 13.9. The van der Waals surface area contributed by atoms with E-state index in [0.29, 0.717) is 13.0 Å². The van der Waals surface area contributed by atoms with E-state index in [4.69, 9.17) is 4.74 Å². The third-order valence-corrected chi connectivity index (χ3v) is 4.12. The summed E-state index contributed by atoms with van der Waals surface area (Å²) in [5, 5.41) is 0.196. The molecule has 0 unspecified atom stereocenters. The van der Waals surface area contributed by atoms with Crippen molar-refractivity contribution >= 4 is 23.6 Å². The van der Waals surface area contributed by atoms with Crippen LogP contribution in [0.5, 0.6) is 0 Å². The summed E-state index contributed by atoms with van der Waals surface area (Å²) in [6.45, 7) is 4.08. The van der Waals surface area contributed by atoms with Crippen LogP contribution < -0.4 is 0 Å². The van der Waals surface area contributed by atoms with Crippen LogP contribution in [0.3, 0.4) is 0 Å². The topological polar surface area (TPSA) is 46.6 Å². The third kappa shape index (κ3) is 6.21. The molecule has 0 spiro atoms. The van der Waals surface area contributed by atoms with E-state index in [9.17, 15) is 9.59 Å². The first kappa shape index (κ1) is 17.6. The summed E-state index contributed by atoms with van der Waals surface area (Å²) in [5.74, 6) is -0.519. The zero-order chi connectivity index (χ0) is 15.8. The van der Waals surface area contributed by atoms with Gasteiger partial charge in [-0.25, -0.2) is 0 Å². The second-order valence-electron chi connectivity index (χ2n) is 5.06. The minimum atomic E-state index is -0.750. The highest BCUT2D eigenvalue weighted by atomic mass is 32.2. The van der Waals surface area contributed by atoms with Crippen LogP contribution in [0, 0.1) is 0 Å². The molecule has 21 heavy (non-hydrogen) atoms. The van der Waals surface area contributed by atoms with E-state index in [1.807, 2.05) is 43.5 Å². The summed E-state index contributed by atoms with van der Waals surface area (Å²) in [5.41, 5.74) is 1.04. The maximum absolute atomic E-state index is 12.2. The van der Waals surface area contributed by atoms with Gasteiger partial charge in [-0.1, -0.05) is 37.3 Å². The van der Waals surface area contributed by atoms with E-state index in [1.165, 1.54) is 0 Å². The van der Waals surface area contributed by atoms with Crippen molar-refractivity contribution in [3.8, 4) is 0 Å². The van der Waals surface area contributed by atoms with Crippen molar-refractivity contribution in [1.29, 1.82) is 0 Å². The number of nitrogens with zero attached hydrogens (tertiary/aromatic N) is 1. The maximum Gasteiger partial charge on any atom is 0.307 e. The van der Waals surface area contributed by atoms with Crippen LogP contribution >= 0.6 is 11.8 Å². The Morgan fingerprint density at radius 1 is 1.24 bits per heavy atom. The molecule has 1 aromatic carbocycles. The third-order valence-electron chi connectivity index (χ3n) is 3.15. The number of benzene rings is 1. The molecule has 0 saturated carbocycles. The van der Waals surface area contributed by atoms with Crippen molar-refractivity contribution in [2.45, 2.75) is 38.2 Å². The van der Waals surface area contributed by atoms with Crippen LogP contribution in [0.15, 0.2) is 30.3 Å². The smallest absolute Gasteiger partial charge is 0.307 e. The van der Waals surface area contributed by atoms with Crippen LogP contribution in [-0.4, -0.2) is 41.4 Å². The maximum atomic E-state index is 12.2. The molecule has 5 heteroatoms. The van der Waals surface area contributed by atoms with Gasteiger partial charge in [-0.05, 0) is 18.7 Å². The van der Waals surface area contributed by atoms with Crippen molar-refractivity contribution in [2.75, 3.05) is 13.3 Å². The summed E-state index contributed by atoms with van der Waals surface area (Å²) in [6, 6.07) is 9.71. The molecule has 0 saturated heterocycles. The molecule has 1 rings (SSSR count). The van der Waals surface area contributed by atoms with Gasteiger partial charge in [0.15, 0.2) is 6.10 Å². The Kier molecular flexibility index (Phi) is 7.29. The molecule has 0 heterocycles. The molecular formula is C16H23NO3S. The molecule has 116 valence electrons. The van der Waals surface area contributed by atoms with E-state index < -0.39 is 6.10 Å². The largest absolute Gasteiger partial charge is 0.453 e. The monoisotopic (exact) mass is 309 g/mol. The Hall–Kier alpha value is -1.49. The lowest BCUT2D eigenvalue weighted by atomic mass is 10.2. The second-order valence-corrected chi connectivity index (χ2v) is 6.34. The predicted octanol–water partition coefficient (Wildman–Crippen LogP) is 2.72. The summed E-state index contributed by atoms with van der Waals surface area (Å²) in [7, 11) is 1.71. The Labute approximate surface area is 130 Å². The van der Waals surface area contributed by atoms with Crippen molar-refractivity contribution in [3.63, 3.8) is 0 Å². The van der Waals surface area contributed by atoms with Crippen molar-refractivity contribution in [1.82, 2.24) is 4.90 Å². The van der Waals surface area contributed by atoms with Gasteiger partial charge in [-0.2, -0.15) is 11.8 Å². The van der Waals surface area contributed by atoms with Crippen molar-refractivity contribution in [3.05, 3.63) is 35.9 Å².